The lowest BCUT2D eigenvalue weighted by atomic mass is 10.2. The second-order valence-electron chi connectivity index (χ2n) is 4.60. The van der Waals surface area contributed by atoms with Gasteiger partial charge in [-0.15, -0.1) is 0 Å². The van der Waals surface area contributed by atoms with Gasteiger partial charge in [0.05, 0.1) is 5.75 Å². The van der Waals surface area contributed by atoms with E-state index in [2.05, 4.69) is 0 Å². The number of aryl methyl sites for hydroxylation is 1. The second-order valence-corrected chi connectivity index (χ2v) is 6.79. The van der Waals surface area contributed by atoms with Crippen molar-refractivity contribution in [1.82, 2.24) is 4.31 Å². The van der Waals surface area contributed by atoms with Crippen LogP contribution in [0.4, 0.5) is 0 Å². The third kappa shape index (κ3) is 5.48. The van der Waals surface area contributed by atoms with Gasteiger partial charge in [0.2, 0.25) is 10.0 Å². The zero-order chi connectivity index (χ0) is 15.0. The highest BCUT2D eigenvalue weighted by atomic mass is 32.2. The summed E-state index contributed by atoms with van der Waals surface area (Å²) in [5.41, 5.74) is 1.04. The molecule has 0 heterocycles. The Bertz CT molecular complexity index is 502. The Morgan fingerprint density at radius 1 is 1.20 bits per heavy atom. The highest BCUT2D eigenvalue weighted by molar-refractivity contribution is 7.89. The standard InChI is InChI=1S/C14H23NO4S/c1-13-7-4-5-8-14(13)19-11-9-15(2)20(16,17)12-6-10-18-3/h4-5,7-8H,6,9-12H2,1-3H3. The number of sulfonamides is 1. The van der Waals surface area contributed by atoms with Crippen molar-refractivity contribution in [2.24, 2.45) is 0 Å². The SMILES string of the molecule is COCCCS(=O)(=O)N(C)CCOc1ccccc1C. The monoisotopic (exact) mass is 301 g/mol. The topological polar surface area (TPSA) is 55.8 Å². The summed E-state index contributed by atoms with van der Waals surface area (Å²) >= 11 is 0. The van der Waals surface area contributed by atoms with Crippen LogP contribution in [0.25, 0.3) is 0 Å². The molecule has 0 atom stereocenters. The van der Waals surface area contributed by atoms with E-state index >= 15 is 0 Å². The van der Waals surface area contributed by atoms with Gasteiger partial charge in [-0.3, -0.25) is 0 Å². The number of hydrogen-bond acceptors (Lipinski definition) is 4. The largest absolute Gasteiger partial charge is 0.492 e. The summed E-state index contributed by atoms with van der Waals surface area (Å²) in [5, 5.41) is 0. The van der Waals surface area contributed by atoms with Crippen molar-refractivity contribution in [3.63, 3.8) is 0 Å². The molecule has 6 heteroatoms. The van der Waals surface area contributed by atoms with E-state index in [1.165, 1.54) is 4.31 Å². The molecule has 0 aromatic heterocycles. The second kappa shape index (κ2) is 8.24. The first-order valence-electron chi connectivity index (χ1n) is 6.59. The van der Waals surface area contributed by atoms with E-state index in [9.17, 15) is 8.42 Å². The maximum atomic E-state index is 11.9. The molecule has 1 rings (SSSR count). The molecule has 0 saturated heterocycles. The Hall–Kier alpha value is -1.11. The predicted octanol–water partition coefficient (Wildman–Crippen LogP) is 1.67. The van der Waals surface area contributed by atoms with Crippen LogP contribution in [0, 0.1) is 6.92 Å². The van der Waals surface area contributed by atoms with Crippen molar-refractivity contribution in [3.8, 4) is 5.75 Å². The summed E-state index contributed by atoms with van der Waals surface area (Å²) < 4.78 is 35.7. The van der Waals surface area contributed by atoms with Gasteiger partial charge < -0.3 is 9.47 Å². The molecule has 1 aromatic rings. The van der Waals surface area contributed by atoms with Gasteiger partial charge >= 0.3 is 0 Å². The summed E-state index contributed by atoms with van der Waals surface area (Å²) in [4.78, 5) is 0. The van der Waals surface area contributed by atoms with Crippen LogP contribution in [0.5, 0.6) is 5.75 Å². The summed E-state index contributed by atoms with van der Waals surface area (Å²) in [6, 6.07) is 7.67. The summed E-state index contributed by atoms with van der Waals surface area (Å²) in [7, 11) is -0.0891. The van der Waals surface area contributed by atoms with Crippen molar-refractivity contribution >= 4 is 10.0 Å². The van der Waals surface area contributed by atoms with Gasteiger partial charge in [-0.25, -0.2) is 12.7 Å². The van der Waals surface area contributed by atoms with Crippen molar-refractivity contribution in [2.45, 2.75) is 13.3 Å². The molecule has 0 N–H and O–H groups in total. The number of methoxy groups -OCH3 is 1. The van der Waals surface area contributed by atoms with Crippen LogP contribution >= 0.6 is 0 Å². The van der Waals surface area contributed by atoms with Crippen molar-refractivity contribution in [2.75, 3.05) is 39.7 Å². The van der Waals surface area contributed by atoms with Crippen LogP contribution in [0.2, 0.25) is 0 Å². The van der Waals surface area contributed by atoms with Gasteiger partial charge in [0.1, 0.15) is 12.4 Å². The fourth-order valence-electron chi connectivity index (χ4n) is 1.68. The molecule has 0 aliphatic carbocycles. The van der Waals surface area contributed by atoms with E-state index in [-0.39, 0.29) is 5.75 Å². The van der Waals surface area contributed by atoms with Gasteiger partial charge in [-0.1, -0.05) is 18.2 Å². The van der Waals surface area contributed by atoms with Crippen molar-refractivity contribution < 1.29 is 17.9 Å². The van der Waals surface area contributed by atoms with E-state index in [1.807, 2.05) is 31.2 Å². The van der Waals surface area contributed by atoms with Crippen LogP contribution in [0.1, 0.15) is 12.0 Å². The molecule has 0 aliphatic heterocycles. The minimum absolute atomic E-state index is 0.0989. The molecule has 0 aliphatic rings. The van der Waals surface area contributed by atoms with Gasteiger partial charge in [0, 0.05) is 27.3 Å². The first-order valence-corrected chi connectivity index (χ1v) is 8.19. The third-order valence-corrected chi connectivity index (χ3v) is 4.92. The van der Waals surface area contributed by atoms with Crippen molar-refractivity contribution in [3.05, 3.63) is 29.8 Å². The van der Waals surface area contributed by atoms with E-state index in [1.54, 1.807) is 14.2 Å². The molecular weight excluding hydrogens is 278 g/mol. The van der Waals surface area contributed by atoms with Gasteiger partial charge in [0.25, 0.3) is 0 Å². The summed E-state index contributed by atoms with van der Waals surface area (Å²) in [5.74, 6) is 0.888. The maximum Gasteiger partial charge on any atom is 0.214 e. The van der Waals surface area contributed by atoms with E-state index < -0.39 is 10.0 Å². The molecule has 5 nitrogen and oxygen atoms in total. The lowest BCUT2D eigenvalue weighted by Crippen LogP contribution is -2.33. The molecule has 0 radical (unpaired) electrons. The van der Waals surface area contributed by atoms with E-state index in [0.717, 1.165) is 11.3 Å². The van der Waals surface area contributed by atoms with Gasteiger partial charge in [0.15, 0.2) is 0 Å². The number of likely N-dealkylation sites (N-methyl/N-ethyl adjacent to an activating group) is 1. The van der Waals surface area contributed by atoms with E-state index in [0.29, 0.717) is 26.2 Å². The first kappa shape index (κ1) is 16.9. The van der Waals surface area contributed by atoms with Crippen LogP contribution < -0.4 is 4.74 Å². The number of benzene rings is 1. The van der Waals surface area contributed by atoms with Crippen molar-refractivity contribution in [1.29, 1.82) is 0 Å². The smallest absolute Gasteiger partial charge is 0.214 e. The number of para-hydroxylation sites is 1. The molecule has 0 fully saturated rings. The summed E-state index contributed by atoms with van der Waals surface area (Å²) in [6.07, 6.45) is 0.502. The maximum absolute atomic E-state index is 11.9. The Balaban J connectivity index is 2.39. The molecular formula is C14H23NO4S. The molecule has 20 heavy (non-hydrogen) atoms. The zero-order valence-corrected chi connectivity index (χ0v) is 13.1. The summed E-state index contributed by atoms with van der Waals surface area (Å²) in [6.45, 7) is 3.09. The molecule has 0 bridgehead atoms. The van der Waals surface area contributed by atoms with Crippen LogP contribution in [-0.4, -0.2) is 52.4 Å². The molecule has 114 valence electrons. The number of nitrogens with zero attached hydrogens (tertiary/aromatic N) is 1. The lowest BCUT2D eigenvalue weighted by molar-refractivity contribution is 0.199. The van der Waals surface area contributed by atoms with Gasteiger partial charge in [-0.2, -0.15) is 0 Å². The Kier molecular flexibility index (Phi) is 6.98. The Morgan fingerprint density at radius 3 is 2.55 bits per heavy atom. The number of ether oxygens (including phenoxy) is 2. The average Bonchev–Trinajstić information content (AvgIpc) is 2.41. The normalized spacial score (nSPS) is 11.8. The molecule has 1 aromatic carbocycles. The number of hydrogen-bond donors (Lipinski definition) is 0. The van der Waals surface area contributed by atoms with Crippen LogP contribution in [0.15, 0.2) is 24.3 Å². The average molecular weight is 301 g/mol. The van der Waals surface area contributed by atoms with E-state index in [4.69, 9.17) is 9.47 Å². The highest BCUT2D eigenvalue weighted by Crippen LogP contribution is 2.16. The molecule has 0 unspecified atom stereocenters. The zero-order valence-electron chi connectivity index (χ0n) is 12.3. The highest BCUT2D eigenvalue weighted by Gasteiger charge is 2.17. The van der Waals surface area contributed by atoms with Gasteiger partial charge in [-0.05, 0) is 25.0 Å². The predicted molar refractivity (Wildman–Crippen MR) is 79.6 cm³/mol. The first-order chi connectivity index (χ1) is 9.47. The Labute approximate surface area is 121 Å². The fraction of sp³-hybridized carbons (Fsp3) is 0.571. The lowest BCUT2D eigenvalue weighted by Gasteiger charge is -2.17. The van der Waals surface area contributed by atoms with Crippen LogP contribution in [0.3, 0.4) is 0 Å². The quantitative estimate of drug-likeness (QED) is 0.651. The number of rotatable bonds is 9. The molecule has 0 spiro atoms. The van der Waals surface area contributed by atoms with Crippen LogP contribution in [-0.2, 0) is 14.8 Å². The third-order valence-electron chi connectivity index (χ3n) is 2.98. The minimum Gasteiger partial charge on any atom is -0.492 e. The molecule has 0 amide bonds. The molecule has 0 saturated carbocycles. The minimum atomic E-state index is -3.22. The fourth-order valence-corrected chi connectivity index (χ4v) is 2.83. The Morgan fingerprint density at radius 2 is 1.90 bits per heavy atom.